The summed E-state index contributed by atoms with van der Waals surface area (Å²) >= 11 is 3.51. The minimum absolute atomic E-state index is 0.0183. The first-order chi connectivity index (χ1) is 15.6. The number of carbonyl (C=O) groups excluding carboxylic acids is 1. The summed E-state index contributed by atoms with van der Waals surface area (Å²) in [6, 6.07) is 8.22. The van der Waals surface area contributed by atoms with Crippen molar-refractivity contribution in [2.75, 3.05) is 48.4 Å². The van der Waals surface area contributed by atoms with Crippen LogP contribution in [-0.4, -0.2) is 54.9 Å². The van der Waals surface area contributed by atoms with Gasteiger partial charge in [0.2, 0.25) is 5.95 Å². The van der Waals surface area contributed by atoms with Gasteiger partial charge in [0.15, 0.2) is 0 Å². The van der Waals surface area contributed by atoms with Crippen molar-refractivity contribution in [3.05, 3.63) is 34.9 Å². The van der Waals surface area contributed by atoms with Crippen LogP contribution in [0.4, 0.5) is 23.1 Å². The molecule has 0 spiro atoms. The molecule has 2 N–H and O–H groups in total. The Kier molecular flexibility index (Phi) is 7.81. The molecule has 0 aliphatic carbocycles. The summed E-state index contributed by atoms with van der Waals surface area (Å²) in [6.45, 7) is 5.57. The van der Waals surface area contributed by atoms with Gasteiger partial charge in [0.1, 0.15) is 5.82 Å². The van der Waals surface area contributed by atoms with Gasteiger partial charge >= 0.3 is 5.97 Å². The molecule has 1 aromatic heterocycles. The van der Waals surface area contributed by atoms with Crippen molar-refractivity contribution in [1.82, 2.24) is 9.97 Å². The number of aromatic nitrogens is 2. The lowest BCUT2D eigenvalue weighted by atomic mass is 9.96. The Morgan fingerprint density at radius 1 is 1.25 bits per heavy atom. The van der Waals surface area contributed by atoms with E-state index in [1.54, 1.807) is 6.20 Å². The molecule has 1 atom stereocenters. The van der Waals surface area contributed by atoms with Crippen LogP contribution >= 0.6 is 15.9 Å². The first-order valence-electron chi connectivity index (χ1n) is 11.3. The highest BCUT2D eigenvalue weighted by atomic mass is 79.9. The second kappa shape index (κ2) is 11.0. The van der Waals surface area contributed by atoms with Crippen LogP contribution in [0.5, 0.6) is 0 Å². The third-order valence-corrected chi connectivity index (χ3v) is 6.45. The number of halogens is 1. The lowest BCUT2D eigenvalue weighted by Crippen LogP contribution is -2.36. The summed E-state index contributed by atoms with van der Waals surface area (Å²) < 4.78 is 11.6. The number of rotatable bonds is 8. The van der Waals surface area contributed by atoms with Crippen molar-refractivity contribution in [2.45, 2.75) is 38.7 Å². The van der Waals surface area contributed by atoms with Gasteiger partial charge in [-0.25, -0.2) is 4.98 Å². The molecule has 0 bridgehead atoms. The van der Waals surface area contributed by atoms with E-state index in [2.05, 4.69) is 53.6 Å². The third kappa shape index (κ3) is 5.89. The fraction of sp³-hybridized carbons (Fsp3) is 0.522. The van der Waals surface area contributed by atoms with Gasteiger partial charge in [0.05, 0.1) is 23.1 Å². The van der Waals surface area contributed by atoms with Crippen molar-refractivity contribution >= 4 is 45.0 Å². The molecule has 9 heteroatoms. The Labute approximate surface area is 197 Å². The number of carbonyl (C=O) groups is 1. The molecule has 32 heavy (non-hydrogen) atoms. The molecule has 2 saturated heterocycles. The highest BCUT2D eigenvalue weighted by molar-refractivity contribution is 9.10. The maximum atomic E-state index is 11.9. The molecule has 2 aliphatic rings. The van der Waals surface area contributed by atoms with Crippen LogP contribution in [0.15, 0.2) is 34.9 Å². The van der Waals surface area contributed by atoms with Crippen LogP contribution in [0.2, 0.25) is 0 Å². The molecule has 1 aromatic carbocycles. The highest BCUT2D eigenvalue weighted by Crippen LogP contribution is 2.27. The molecule has 4 rings (SSSR count). The number of nitrogens with one attached hydrogen (secondary N) is 2. The molecule has 0 saturated carbocycles. The van der Waals surface area contributed by atoms with Crippen LogP contribution in [0.1, 0.15) is 32.6 Å². The molecule has 172 valence electrons. The van der Waals surface area contributed by atoms with E-state index in [1.165, 1.54) is 0 Å². The summed E-state index contributed by atoms with van der Waals surface area (Å²) in [7, 11) is 0. The Balaban J connectivity index is 1.32. The largest absolute Gasteiger partial charge is 0.466 e. The summed E-state index contributed by atoms with van der Waals surface area (Å²) in [5, 5.41) is 6.62. The van der Waals surface area contributed by atoms with E-state index >= 15 is 0 Å². The van der Waals surface area contributed by atoms with Gasteiger partial charge in [-0.05, 0) is 72.8 Å². The minimum atomic E-state index is -0.0641. The van der Waals surface area contributed by atoms with Crippen LogP contribution < -0.4 is 15.5 Å². The second-order valence-corrected chi connectivity index (χ2v) is 8.95. The molecule has 2 aliphatic heterocycles. The Bertz CT molecular complexity index is 897. The highest BCUT2D eigenvalue weighted by Gasteiger charge is 2.26. The predicted molar refractivity (Wildman–Crippen MR) is 128 cm³/mol. The van der Waals surface area contributed by atoms with Gasteiger partial charge in [-0.15, -0.1) is 0 Å². The zero-order chi connectivity index (χ0) is 22.3. The molecule has 8 nitrogen and oxygen atoms in total. The molecular formula is C23H30BrN5O3. The monoisotopic (exact) mass is 503 g/mol. The predicted octanol–water partition coefficient (Wildman–Crippen LogP) is 4.35. The number of benzene rings is 1. The summed E-state index contributed by atoms with van der Waals surface area (Å²) in [4.78, 5) is 23.2. The molecule has 0 radical (unpaired) electrons. The van der Waals surface area contributed by atoms with E-state index < -0.39 is 0 Å². The summed E-state index contributed by atoms with van der Waals surface area (Å²) in [5.74, 6) is 1.24. The normalized spacial score (nSPS) is 19.1. The molecule has 3 heterocycles. The maximum Gasteiger partial charge on any atom is 0.309 e. The smallest absolute Gasteiger partial charge is 0.309 e. The number of hydrogen-bond donors (Lipinski definition) is 2. The fourth-order valence-corrected chi connectivity index (χ4v) is 4.42. The van der Waals surface area contributed by atoms with Gasteiger partial charge in [-0.2, -0.15) is 4.98 Å². The molecular weight excluding hydrogens is 474 g/mol. The van der Waals surface area contributed by atoms with Gasteiger partial charge in [0, 0.05) is 43.8 Å². The first kappa shape index (κ1) is 22.8. The standard InChI is InChI=1S/C23H30BrN5O3/c1-2-31-22(30)16-9-11-29(12-10-16)18-7-5-17(6-8-18)27-23-26-15-20(24)21(28-23)25-14-19-4-3-13-32-19/h5-8,15-16,19H,2-4,9-14H2,1H3,(H2,25,26,27,28). The van der Waals surface area contributed by atoms with Crippen LogP contribution in [0, 0.1) is 5.92 Å². The number of hydrogen-bond acceptors (Lipinski definition) is 8. The van der Waals surface area contributed by atoms with E-state index in [9.17, 15) is 4.79 Å². The Hall–Kier alpha value is -2.39. The maximum absolute atomic E-state index is 11.9. The molecule has 2 fully saturated rings. The van der Waals surface area contributed by atoms with Crippen LogP contribution in [-0.2, 0) is 14.3 Å². The summed E-state index contributed by atoms with van der Waals surface area (Å²) in [6.07, 6.45) is 5.83. The zero-order valence-corrected chi connectivity index (χ0v) is 19.9. The van der Waals surface area contributed by atoms with Gasteiger partial charge in [-0.1, -0.05) is 0 Å². The third-order valence-electron chi connectivity index (χ3n) is 5.87. The van der Waals surface area contributed by atoms with Crippen molar-refractivity contribution in [1.29, 1.82) is 0 Å². The van der Waals surface area contributed by atoms with E-state index in [1.807, 2.05) is 19.1 Å². The topological polar surface area (TPSA) is 88.6 Å². The minimum Gasteiger partial charge on any atom is -0.466 e. The Morgan fingerprint density at radius 2 is 2.03 bits per heavy atom. The zero-order valence-electron chi connectivity index (χ0n) is 18.3. The summed E-state index contributed by atoms with van der Waals surface area (Å²) in [5.41, 5.74) is 2.07. The fourth-order valence-electron chi connectivity index (χ4n) is 4.09. The second-order valence-electron chi connectivity index (χ2n) is 8.09. The van der Waals surface area contributed by atoms with Crippen molar-refractivity contribution in [3.8, 4) is 0 Å². The van der Waals surface area contributed by atoms with E-state index in [0.717, 1.165) is 73.6 Å². The average molecular weight is 504 g/mol. The van der Waals surface area contributed by atoms with E-state index in [-0.39, 0.29) is 18.0 Å². The van der Waals surface area contributed by atoms with Crippen LogP contribution in [0.3, 0.4) is 0 Å². The van der Waals surface area contributed by atoms with Gasteiger partial charge in [-0.3, -0.25) is 4.79 Å². The lowest BCUT2D eigenvalue weighted by molar-refractivity contribution is -0.148. The first-order valence-corrected chi connectivity index (χ1v) is 12.1. The number of ether oxygens (including phenoxy) is 2. The van der Waals surface area contributed by atoms with Crippen molar-refractivity contribution < 1.29 is 14.3 Å². The van der Waals surface area contributed by atoms with E-state index in [0.29, 0.717) is 12.6 Å². The number of nitrogens with zero attached hydrogens (tertiary/aromatic N) is 3. The lowest BCUT2D eigenvalue weighted by Gasteiger charge is -2.32. The quantitative estimate of drug-likeness (QED) is 0.513. The SMILES string of the molecule is CCOC(=O)C1CCN(c2ccc(Nc3ncc(Br)c(NCC4CCCO4)n3)cc2)CC1. The van der Waals surface area contributed by atoms with Crippen molar-refractivity contribution in [2.24, 2.45) is 5.92 Å². The van der Waals surface area contributed by atoms with Crippen molar-refractivity contribution in [3.63, 3.8) is 0 Å². The Morgan fingerprint density at radius 3 is 2.72 bits per heavy atom. The van der Waals surface area contributed by atoms with Gasteiger partial charge in [0.25, 0.3) is 0 Å². The number of esters is 1. The molecule has 2 aromatic rings. The van der Waals surface area contributed by atoms with Gasteiger partial charge < -0.3 is 25.0 Å². The number of anilines is 4. The number of piperidine rings is 1. The average Bonchev–Trinajstić information content (AvgIpc) is 3.34. The van der Waals surface area contributed by atoms with E-state index in [4.69, 9.17) is 9.47 Å². The molecule has 1 unspecified atom stereocenters. The molecule has 0 amide bonds. The van der Waals surface area contributed by atoms with Crippen LogP contribution in [0.25, 0.3) is 0 Å².